The molecule has 132 valence electrons. The lowest BCUT2D eigenvalue weighted by molar-refractivity contribution is 0.310. The van der Waals surface area contributed by atoms with Crippen molar-refractivity contribution in [2.24, 2.45) is 0 Å². The zero-order chi connectivity index (χ0) is 17.9. The molecule has 24 heavy (non-hydrogen) atoms. The summed E-state index contributed by atoms with van der Waals surface area (Å²) in [5.41, 5.74) is 1.14. The normalized spacial score (nSPS) is 11.8. The molecule has 0 amide bonds. The fourth-order valence-corrected chi connectivity index (χ4v) is 3.87. The summed E-state index contributed by atoms with van der Waals surface area (Å²) in [4.78, 5) is 0.114. The van der Waals surface area contributed by atoms with Crippen LogP contribution in [0.5, 0.6) is 11.5 Å². The van der Waals surface area contributed by atoms with Crippen LogP contribution in [0.25, 0.3) is 0 Å². The highest BCUT2D eigenvalue weighted by molar-refractivity contribution is 7.89. The van der Waals surface area contributed by atoms with E-state index in [1.807, 2.05) is 13.0 Å². The summed E-state index contributed by atoms with van der Waals surface area (Å²) in [7, 11) is -0.625. The zero-order valence-electron chi connectivity index (χ0n) is 14.5. The molecule has 0 saturated carbocycles. The van der Waals surface area contributed by atoms with Gasteiger partial charge in [0.1, 0.15) is 10.6 Å². The first kappa shape index (κ1) is 18.3. The number of hydrogen-bond donors (Lipinski definition) is 0. The van der Waals surface area contributed by atoms with E-state index in [2.05, 4.69) is 5.16 Å². The van der Waals surface area contributed by atoms with Crippen molar-refractivity contribution in [2.45, 2.75) is 32.2 Å². The number of hydrogen-bond acceptors (Lipinski definition) is 6. The fraction of sp³-hybridized carbons (Fsp3) is 0.438. The summed E-state index contributed by atoms with van der Waals surface area (Å²) < 4.78 is 42.5. The van der Waals surface area contributed by atoms with E-state index >= 15 is 0 Å². The Hall–Kier alpha value is -2.06. The van der Waals surface area contributed by atoms with Gasteiger partial charge in [-0.2, -0.15) is 4.31 Å². The maximum atomic E-state index is 12.7. The molecule has 0 fully saturated rings. The third-order valence-corrected chi connectivity index (χ3v) is 5.62. The molecule has 1 heterocycles. The van der Waals surface area contributed by atoms with Gasteiger partial charge in [-0.3, -0.25) is 0 Å². The second-order valence-electron chi connectivity index (χ2n) is 5.33. The lowest BCUT2D eigenvalue weighted by atomic mass is 10.2. The van der Waals surface area contributed by atoms with Gasteiger partial charge < -0.3 is 14.0 Å². The highest BCUT2D eigenvalue weighted by atomic mass is 32.2. The Morgan fingerprint density at radius 3 is 2.50 bits per heavy atom. The number of rotatable bonds is 7. The van der Waals surface area contributed by atoms with Crippen molar-refractivity contribution in [1.82, 2.24) is 9.46 Å². The number of benzene rings is 1. The first-order chi connectivity index (χ1) is 11.3. The molecule has 2 rings (SSSR count). The van der Waals surface area contributed by atoms with Crippen LogP contribution in [0.3, 0.4) is 0 Å². The molecule has 8 heteroatoms. The maximum absolute atomic E-state index is 12.7. The number of aryl methyl sites for hydroxylation is 2. The SMILES string of the molecule is CCOc1ccc(CN(C)S(=O)(=O)c2c(C)noc2C)cc1OC. The molecule has 1 aromatic heterocycles. The van der Waals surface area contributed by atoms with Gasteiger partial charge >= 0.3 is 0 Å². The van der Waals surface area contributed by atoms with Crippen LogP contribution in [0.2, 0.25) is 0 Å². The Kier molecular flexibility index (Phi) is 5.51. The second-order valence-corrected chi connectivity index (χ2v) is 7.31. The molecule has 0 atom stereocenters. The lowest BCUT2D eigenvalue weighted by Crippen LogP contribution is -2.27. The molecule has 7 nitrogen and oxygen atoms in total. The van der Waals surface area contributed by atoms with E-state index in [0.717, 1.165) is 5.56 Å². The smallest absolute Gasteiger partial charge is 0.248 e. The molecule has 0 N–H and O–H groups in total. The van der Waals surface area contributed by atoms with Crippen molar-refractivity contribution in [1.29, 1.82) is 0 Å². The predicted molar refractivity (Wildman–Crippen MR) is 88.8 cm³/mol. The molecule has 0 aliphatic heterocycles. The quantitative estimate of drug-likeness (QED) is 0.760. The van der Waals surface area contributed by atoms with Gasteiger partial charge in [0.2, 0.25) is 10.0 Å². The van der Waals surface area contributed by atoms with Crippen molar-refractivity contribution >= 4 is 10.0 Å². The number of sulfonamides is 1. The number of aromatic nitrogens is 1. The second kappa shape index (κ2) is 7.23. The van der Waals surface area contributed by atoms with E-state index in [1.54, 1.807) is 33.1 Å². The molecule has 1 aromatic carbocycles. The van der Waals surface area contributed by atoms with E-state index in [0.29, 0.717) is 23.8 Å². The summed E-state index contributed by atoms with van der Waals surface area (Å²) in [5, 5.41) is 3.71. The molecule has 2 aromatic rings. The first-order valence-electron chi connectivity index (χ1n) is 7.50. The number of nitrogens with zero attached hydrogens (tertiary/aromatic N) is 2. The van der Waals surface area contributed by atoms with Crippen LogP contribution in [-0.4, -0.2) is 38.6 Å². The number of methoxy groups -OCH3 is 1. The van der Waals surface area contributed by atoms with Crippen LogP contribution >= 0.6 is 0 Å². The third-order valence-electron chi connectivity index (χ3n) is 3.57. The summed E-state index contributed by atoms with van der Waals surface area (Å²) in [5.74, 6) is 1.47. The standard InChI is InChI=1S/C16H22N2O5S/c1-6-22-14-8-7-13(9-15(14)21-5)10-18(4)24(19,20)16-11(2)17-23-12(16)3/h7-9H,6,10H2,1-5H3. The van der Waals surface area contributed by atoms with Gasteiger partial charge in [0.05, 0.1) is 13.7 Å². The summed E-state index contributed by atoms with van der Waals surface area (Å²) in [6.45, 7) is 5.79. The van der Waals surface area contributed by atoms with E-state index in [4.69, 9.17) is 14.0 Å². The molecule has 0 radical (unpaired) electrons. The molecular formula is C16H22N2O5S. The van der Waals surface area contributed by atoms with Crippen molar-refractivity contribution in [3.63, 3.8) is 0 Å². The Labute approximate surface area is 142 Å². The van der Waals surface area contributed by atoms with Gasteiger partial charge in [0.25, 0.3) is 0 Å². The van der Waals surface area contributed by atoms with Crippen LogP contribution in [0.15, 0.2) is 27.6 Å². The van der Waals surface area contributed by atoms with E-state index < -0.39 is 10.0 Å². The highest BCUT2D eigenvalue weighted by Gasteiger charge is 2.28. The van der Waals surface area contributed by atoms with Gasteiger partial charge in [-0.15, -0.1) is 0 Å². The molecule has 0 aliphatic carbocycles. The Bertz CT molecular complexity index is 794. The van der Waals surface area contributed by atoms with Crippen molar-refractivity contribution in [3.05, 3.63) is 35.2 Å². The summed E-state index contributed by atoms with van der Waals surface area (Å²) in [6, 6.07) is 5.35. The maximum Gasteiger partial charge on any atom is 0.248 e. The van der Waals surface area contributed by atoms with Crippen LogP contribution in [0, 0.1) is 13.8 Å². The molecule has 0 saturated heterocycles. The molecule has 0 aliphatic rings. The van der Waals surface area contributed by atoms with Gasteiger partial charge in [-0.1, -0.05) is 11.2 Å². The van der Waals surface area contributed by atoms with Crippen LogP contribution < -0.4 is 9.47 Å². The number of ether oxygens (including phenoxy) is 2. The van der Waals surface area contributed by atoms with Crippen LogP contribution in [0.4, 0.5) is 0 Å². The minimum atomic E-state index is -3.69. The molecule has 0 unspecified atom stereocenters. The Morgan fingerprint density at radius 2 is 1.96 bits per heavy atom. The summed E-state index contributed by atoms with van der Waals surface area (Å²) >= 11 is 0. The first-order valence-corrected chi connectivity index (χ1v) is 8.94. The fourth-order valence-electron chi connectivity index (χ4n) is 2.43. The van der Waals surface area contributed by atoms with Crippen LogP contribution in [0.1, 0.15) is 23.9 Å². The Morgan fingerprint density at radius 1 is 1.25 bits per heavy atom. The van der Waals surface area contributed by atoms with Gasteiger partial charge in [0, 0.05) is 13.6 Å². The molecule has 0 bridgehead atoms. The predicted octanol–water partition coefficient (Wildman–Crippen LogP) is 2.52. The van der Waals surface area contributed by atoms with Crippen molar-refractivity contribution < 1.29 is 22.4 Å². The van der Waals surface area contributed by atoms with Gasteiger partial charge in [-0.25, -0.2) is 8.42 Å². The van der Waals surface area contributed by atoms with Gasteiger partial charge in [-0.05, 0) is 38.5 Å². The van der Waals surface area contributed by atoms with E-state index in [1.165, 1.54) is 11.4 Å². The van der Waals surface area contributed by atoms with E-state index in [-0.39, 0.29) is 17.2 Å². The third kappa shape index (κ3) is 3.54. The molecular weight excluding hydrogens is 332 g/mol. The topological polar surface area (TPSA) is 81.9 Å². The van der Waals surface area contributed by atoms with Crippen LogP contribution in [-0.2, 0) is 16.6 Å². The monoisotopic (exact) mass is 354 g/mol. The summed E-state index contributed by atoms with van der Waals surface area (Å²) in [6.07, 6.45) is 0. The van der Waals surface area contributed by atoms with Crippen molar-refractivity contribution in [3.8, 4) is 11.5 Å². The van der Waals surface area contributed by atoms with Gasteiger partial charge in [0.15, 0.2) is 17.3 Å². The average molecular weight is 354 g/mol. The van der Waals surface area contributed by atoms with Crippen molar-refractivity contribution in [2.75, 3.05) is 20.8 Å². The lowest BCUT2D eigenvalue weighted by Gasteiger charge is -2.18. The minimum Gasteiger partial charge on any atom is -0.493 e. The Balaban J connectivity index is 2.27. The highest BCUT2D eigenvalue weighted by Crippen LogP contribution is 2.29. The molecule has 0 spiro atoms. The zero-order valence-corrected chi connectivity index (χ0v) is 15.3. The minimum absolute atomic E-state index is 0.114. The van der Waals surface area contributed by atoms with E-state index in [9.17, 15) is 8.42 Å². The largest absolute Gasteiger partial charge is 0.493 e. The average Bonchev–Trinajstić information content (AvgIpc) is 2.88.